The topological polar surface area (TPSA) is 141 Å². The molecule has 12 heteroatoms. The van der Waals surface area contributed by atoms with Gasteiger partial charge in [-0.05, 0) is 55.7 Å². The molecular weight excluding hydrogens is 823 g/mol. The molecule has 0 aromatic carbocycles. The molecule has 4 rings (SSSR count). The average Bonchev–Trinajstić information content (AvgIpc) is 3.33. The number of aromatic nitrogens is 6. The number of nitrogens with one attached hydrogen (secondary N) is 3. The van der Waals surface area contributed by atoms with Gasteiger partial charge in [0.15, 0.2) is 23.1 Å². The van der Waals surface area contributed by atoms with Gasteiger partial charge in [0, 0.05) is 12.4 Å². The first-order valence-electron chi connectivity index (χ1n) is 26.5. The van der Waals surface area contributed by atoms with E-state index in [-0.39, 0.29) is 17.8 Å². The number of hydrogen-bond donors (Lipinski definition) is 3. The number of pyridine rings is 3. The molecule has 4 aromatic heterocycles. The van der Waals surface area contributed by atoms with Gasteiger partial charge in [-0.15, -0.1) is 0 Å². The third-order valence-corrected chi connectivity index (χ3v) is 11.9. The van der Waals surface area contributed by atoms with Crippen LogP contribution < -0.4 is 30.2 Å². The van der Waals surface area contributed by atoms with Gasteiger partial charge in [-0.25, -0.2) is 15.0 Å². The maximum atomic E-state index is 6.25. The molecule has 66 heavy (non-hydrogen) atoms. The normalized spacial score (nSPS) is 11.1. The Morgan fingerprint density at radius 2 is 0.712 bits per heavy atom. The van der Waals surface area contributed by atoms with Crippen molar-refractivity contribution < 1.29 is 14.2 Å². The van der Waals surface area contributed by atoms with Crippen LogP contribution in [0.15, 0.2) is 55.0 Å². The molecule has 0 spiro atoms. The molecule has 0 bridgehead atoms. The number of unbranched alkanes of at least 4 members (excludes halogenated alkanes) is 27. The van der Waals surface area contributed by atoms with Crippen LogP contribution in [0.2, 0.25) is 0 Å². The Labute approximate surface area is 399 Å². The van der Waals surface area contributed by atoms with E-state index < -0.39 is 0 Å². The minimum Gasteiger partial charge on any atom is -0.492 e. The van der Waals surface area contributed by atoms with Crippen LogP contribution in [0, 0.1) is 0 Å². The Morgan fingerprint density at radius 3 is 1.08 bits per heavy atom. The molecule has 4 heterocycles. The SMILES string of the molecule is CCCCCCCCCCCCOc1ccc(Nc2nc(Nc3ncccc3OCCCCCCCCCCCC)nc(Nc3ncccc3OCCCCCCCCCCCC)n2)nc1. The first-order valence-corrected chi connectivity index (χ1v) is 26.5. The molecule has 4 aromatic rings. The fraction of sp³-hybridized carbons (Fsp3) is 0.667. The lowest BCUT2D eigenvalue weighted by molar-refractivity contribution is 0.303. The van der Waals surface area contributed by atoms with Gasteiger partial charge in [0.2, 0.25) is 17.8 Å². The van der Waals surface area contributed by atoms with Crippen molar-refractivity contribution in [2.24, 2.45) is 0 Å². The molecule has 0 atom stereocenters. The van der Waals surface area contributed by atoms with Gasteiger partial charge in [-0.1, -0.05) is 194 Å². The van der Waals surface area contributed by atoms with Crippen molar-refractivity contribution in [2.75, 3.05) is 35.8 Å². The van der Waals surface area contributed by atoms with Crippen molar-refractivity contribution in [1.82, 2.24) is 29.9 Å². The fourth-order valence-electron chi connectivity index (χ4n) is 7.93. The van der Waals surface area contributed by atoms with Gasteiger partial charge in [-0.3, -0.25) is 0 Å². The van der Waals surface area contributed by atoms with Crippen molar-refractivity contribution in [3.63, 3.8) is 0 Å². The molecule has 0 fully saturated rings. The number of rotatable bonds is 42. The third-order valence-electron chi connectivity index (χ3n) is 11.9. The first-order chi connectivity index (χ1) is 32.7. The van der Waals surface area contributed by atoms with Crippen molar-refractivity contribution >= 4 is 35.3 Å². The van der Waals surface area contributed by atoms with E-state index in [0.717, 1.165) is 37.9 Å². The summed E-state index contributed by atoms with van der Waals surface area (Å²) in [7, 11) is 0. The monoisotopic (exact) mass is 910 g/mol. The van der Waals surface area contributed by atoms with E-state index in [2.05, 4.69) is 51.7 Å². The standard InChI is InChI=1S/C54H87N9O3/c1-4-7-10-13-16-19-22-25-28-31-42-64-46-38-39-49(57-45-46)58-52-61-53(59-50-47(36-34-40-55-50)65-43-32-29-26-23-20-17-14-11-8-5-2)63-54(62-52)60-51-48(37-35-41-56-51)66-44-33-30-27-24-21-18-15-12-9-6-3/h34-41,45H,4-33,42-44H2,1-3H3,(H3,55,56,57,58,59,60,61,62,63). The summed E-state index contributed by atoms with van der Waals surface area (Å²) in [6.45, 7) is 8.71. The maximum Gasteiger partial charge on any atom is 0.235 e. The lowest BCUT2D eigenvalue weighted by Crippen LogP contribution is -2.10. The van der Waals surface area contributed by atoms with Gasteiger partial charge in [0.1, 0.15) is 11.6 Å². The molecule has 366 valence electrons. The predicted octanol–water partition coefficient (Wildman–Crippen LogP) is 16.2. The highest BCUT2D eigenvalue weighted by molar-refractivity contribution is 5.63. The van der Waals surface area contributed by atoms with Crippen molar-refractivity contribution in [1.29, 1.82) is 0 Å². The van der Waals surface area contributed by atoms with E-state index in [0.29, 0.717) is 48.8 Å². The van der Waals surface area contributed by atoms with E-state index >= 15 is 0 Å². The Bertz CT molecular complexity index is 1690. The quantitative estimate of drug-likeness (QED) is 0.0364. The van der Waals surface area contributed by atoms with Crippen LogP contribution in [-0.4, -0.2) is 49.7 Å². The van der Waals surface area contributed by atoms with Crippen LogP contribution in [0.5, 0.6) is 17.2 Å². The van der Waals surface area contributed by atoms with Crippen LogP contribution >= 0.6 is 0 Å². The largest absolute Gasteiger partial charge is 0.492 e. The van der Waals surface area contributed by atoms with Gasteiger partial charge < -0.3 is 30.2 Å². The van der Waals surface area contributed by atoms with Crippen LogP contribution in [0.25, 0.3) is 0 Å². The zero-order valence-electron chi connectivity index (χ0n) is 41.4. The smallest absolute Gasteiger partial charge is 0.235 e. The highest BCUT2D eigenvalue weighted by atomic mass is 16.5. The molecule has 3 N–H and O–H groups in total. The van der Waals surface area contributed by atoms with E-state index in [4.69, 9.17) is 29.2 Å². The third kappa shape index (κ3) is 24.7. The molecule has 12 nitrogen and oxygen atoms in total. The molecule has 0 aliphatic heterocycles. The second kappa shape index (κ2) is 36.4. The number of ether oxygens (including phenoxy) is 3. The van der Waals surface area contributed by atoms with E-state index in [1.54, 1.807) is 18.6 Å². The summed E-state index contributed by atoms with van der Waals surface area (Å²) in [5.74, 6) is 4.46. The Hall–Kier alpha value is -4.74. The van der Waals surface area contributed by atoms with Crippen molar-refractivity contribution in [3.8, 4) is 17.2 Å². The van der Waals surface area contributed by atoms with E-state index in [1.807, 2.05) is 36.4 Å². The summed E-state index contributed by atoms with van der Waals surface area (Å²) < 4.78 is 18.5. The summed E-state index contributed by atoms with van der Waals surface area (Å²) >= 11 is 0. The zero-order valence-corrected chi connectivity index (χ0v) is 41.4. The summed E-state index contributed by atoms with van der Waals surface area (Å²) in [6.07, 6.45) is 43.5. The molecule has 0 aliphatic rings. The lowest BCUT2D eigenvalue weighted by atomic mass is 10.1. The molecule has 0 amide bonds. The summed E-state index contributed by atoms with van der Waals surface area (Å²) in [4.78, 5) is 28.0. The van der Waals surface area contributed by atoms with Gasteiger partial charge in [0.25, 0.3) is 0 Å². The van der Waals surface area contributed by atoms with Crippen LogP contribution in [0.4, 0.5) is 35.3 Å². The number of anilines is 6. The zero-order chi connectivity index (χ0) is 46.4. The molecule has 0 aliphatic carbocycles. The predicted molar refractivity (Wildman–Crippen MR) is 274 cm³/mol. The molecule has 0 saturated heterocycles. The first kappa shape index (κ1) is 53.9. The number of hydrogen-bond acceptors (Lipinski definition) is 12. The summed E-state index contributed by atoms with van der Waals surface area (Å²) in [5, 5.41) is 9.86. The molecular formula is C54H87N9O3. The van der Waals surface area contributed by atoms with Crippen LogP contribution in [0.3, 0.4) is 0 Å². The maximum absolute atomic E-state index is 6.25. The second-order valence-electron chi connectivity index (χ2n) is 17.9. The van der Waals surface area contributed by atoms with Crippen molar-refractivity contribution in [2.45, 2.75) is 213 Å². The summed E-state index contributed by atoms with van der Waals surface area (Å²) in [5.41, 5.74) is 0. The molecule has 0 unspecified atom stereocenters. The van der Waals surface area contributed by atoms with E-state index in [9.17, 15) is 0 Å². The average molecular weight is 910 g/mol. The van der Waals surface area contributed by atoms with Gasteiger partial charge in [-0.2, -0.15) is 15.0 Å². The summed E-state index contributed by atoms with van der Waals surface area (Å²) in [6, 6.07) is 11.4. The van der Waals surface area contributed by atoms with Gasteiger partial charge >= 0.3 is 0 Å². The number of nitrogens with zero attached hydrogens (tertiary/aromatic N) is 6. The Morgan fingerprint density at radius 1 is 0.364 bits per heavy atom. The van der Waals surface area contributed by atoms with E-state index in [1.165, 1.54) is 161 Å². The lowest BCUT2D eigenvalue weighted by Gasteiger charge is -2.14. The fourth-order valence-corrected chi connectivity index (χ4v) is 7.93. The second-order valence-corrected chi connectivity index (χ2v) is 17.9. The molecule has 0 saturated carbocycles. The minimum absolute atomic E-state index is 0.276. The van der Waals surface area contributed by atoms with Crippen LogP contribution in [-0.2, 0) is 0 Å². The highest BCUT2D eigenvalue weighted by Gasteiger charge is 2.14. The minimum atomic E-state index is 0.276. The Kier molecular flexibility index (Phi) is 29.7. The Balaban J connectivity index is 1.34. The van der Waals surface area contributed by atoms with Gasteiger partial charge in [0.05, 0.1) is 26.0 Å². The van der Waals surface area contributed by atoms with Crippen molar-refractivity contribution in [3.05, 3.63) is 55.0 Å². The molecule has 0 radical (unpaired) electrons. The van der Waals surface area contributed by atoms with Crippen LogP contribution in [0.1, 0.15) is 213 Å². The highest BCUT2D eigenvalue weighted by Crippen LogP contribution is 2.28.